The first-order valence-corrected chi connectivity index (χ1v) is 7.26. The van der Waals surface area contributed by atoms with E-state index in [9.17, 15) is 10.1 Å². The smallest absolute Gasteiger partial charge is 0.267 e. The van der Waals surface area contributed by atoms with Crippen molar-refractivity contribution in [2.75, 3.05) is 18.4 Å². The molecule has 0 aromatic heterocycles. The van der Waals surface area contributed by atoms with Crippen molar-refractivity contribution in [1.82, 2.24) is 4.90 Å². The molecular weight excluding hydrogens is 262 g/mol. The number of benzene rings is 1. The molecule has 0 spiro atoms. The van der Waals surface area contributed by atoms with Crippen LogP contribution in [0.1, 0.15) is 29.5 Å². The van der Waals surface area contributed by atoms with Gasteiger partial charge >= 0.3 is 0 Å². The molecule has 21 heavy (non-hydrogen) atoms. The molecule has 4 heteroatoms. The molecule has 0 aliphatic carbocycles. The SMILES string of the molecule is Cc1cc(C)c(NC(=O)/C(C#N)=C\N2CCCC2)c(C)c1. The Labute approximate surface area is 126 Å². The topological polar surface area (TPSA) is 56.1 Å². The molecule has 4 nitrogen and oxygen atoms in total. The molecule has 2 rings (SSSR count). The van der Waals surface area contributed by atoms with Crippen molar-refractivity contribution in [1.29, 1.82) is 5.26 Å². The van der Waals surface area contributed by atoms with Gasteiger partial charge in [0.1, 0.15) is 11.6 Å². The van der Waals surface area contributed by atoms with Crippen LogP contribution in [0.4, 0.5) is 5.69 Å². The zero-order valence-corrected chi connectivity index (χ0v) is 12.9. The van der Waals surface area contributed by atoms with Gasteiger partial charge in [0.15, 0.2) is 0 Å². The molecule has 1 aliphatic heterocycles. The van der Waals surface area contributed by atoms with Gasteiger partial charge in [-0.1, -0.05) is 17.7 Å². The van der Waals surface area contributed by atoms with Gasteiger partial charge in [0.25, 0.3) is 5.91 Å². The van der Waals surface area contributed by atoms with Crippen LogP contribution in [0.25, 0.3) is 0 Å². The number of rotatable bonds is 3. The van der Waals surface area contributed by atoms with Gasteiger partial charge < -0.3 is 10.2 Å². The number of nitrogens with zero attached hydrogens (tertiary/aromatic N) is 2. The quantitative estimate of drug-likeness (QED) is 0.685. The Morgan fingerprint density at radius 1 is 1.24 bits per heavy atom. The number of hydrogen-bond donors (Lipinski definition) is 1. The summed E-state index contributed by atoms with van der Waals surface area (Å²) >= 11 is 0. The minimum Gasteiger partial charge on any atom is -0.376 e. The van der Waals surface area contributed by atoms with Crippen molar-refractivity contribution >= 4 is 11.6 Å². The van der Waals surface area contributed by atoms with E-state index in [1.807, 2.05) is 43.9 Å². The summed E-state index contributed by atoms with van der Waals surface area (Å²) in [5, 5.41) is 12.1. The van der Waals surface area contributed by atoms with Crippen molar-refractivity contribution in [3.8, 4) is 6.07 Å². The Balaban J connectivity index is 2.18. The van der Waals surface area contributed by atoms with E-state index in [2.05, 4.69) is 5.32 Å². The minimum atomic E-state index is -0.334. The summed E-state index contributed by atoms with van der Waals surface area (Å²) < 4.78 is 0. The van der Waals surface area contributed by atoms with Crippen molar-refractivity contribution in [2.24, 2.45) is 0 Å². The average molecular weight is 283 g/mol. The molecule has 1 amide bonds. The van der Waals surface area contributed by atoms with Gasteiger partial charge in [-0.2, -0.15) is 5.26 Å². The molecule has 0 unspecified atom stereocenters. The highest BCUT2D eigenvalue weighted by Crippen LogP contribution is 2.22. The van der Waals surface area contributed by atoms with E-state index in [1.54, 1.807) is 6.20 Å². The number of anilines is 1. The maximum atomic E-state index is 12.3. The maximum Gasteiger partial charge on any atom is 0.267 e. The molecule has 1 aromatic rings. The van der Waals surface area contributed by atoms with Crippen molar-refractivity contribution in [3.63, 3.8) is 0 Å². The second-order valence-corrected chi connectivity index (χ2v) is 5.63. The van der Waals surface area contributed by atoms with E-state index in [0.29, 0.717) is 0 Å². The van der Waals surface area contributed by atoms with Gasteiger partial charge in [-0.05, 0) is 44.7 Å². The fourth-order valence-electron chi connectivity index (χ4n) is 2.75. The van der Waals surface area contributed by atoms with Crippen LogP contribution in [0, 0.1) is 32.1 Å². The summed E-state index contributed by atoms with van der Waals surface area (Å²) in [4.78, 5) is 14.3. The normalized spacial score (nSPS) is 15.0. The Morgan fingerprint density at radius 2 is 1.81 bits per heavy atom. The van der Waals surface area contributed by atoms with Gasteiger partial charge in [0.2, 0.25) is 0 Å². The lowest BCUT2D eigenvalue weighted by atomic mass is 10.0. The lowest BCUT2D eigenvalue weighted by molar-refractivity contribution is -0.112. The maximum absolute atomic E-state index is 12.3. The van der Waals surface area contributed by atoms with Crippen molar-refractivity contribution < 1.29 is 4.79 Å². The van der Waals surface area contributed by atoms with Crippen molar-refractivity contribution in [3.05, 3.63) is 40.6 Å². The first kappa shape index (κ1) is 15.1. The second-order valence-electron chi connectivity index (χ2n) is 5.63. The zero-order chi connectivity index (χ0) is 15.4. The van der Waals surface area contributed by atoms with E-state index in [0.717, 1.165) is 48.3 Å². The standard InChI is InChI=1S/C17H21N3O/c1-12-8-13(2)16(14(3)9-12)19-17(21)15(10-18)11-20-6-4-5-7-20/h8-9,11H,4-7H2,1-3H3,(H,19,21)/b15-11-. The molecule has 0 atom stereocenters. The number of aryl methyl sites for hydroxylation is 3. The third-order valence-electron chi connectivity index (χ3n) is 3.73. The minimum absolute atomic E-state index is 0.163. The molecule has 1 aromatic carbocycles. The molecule has 110 valence electrons. The molecule has 0 saturated carbocycles. The van der Waals surface area contributed by atoms with Crippen LogP contribution in [-0.4, -0.2) is 23.9 Å². The van der Waals surface area contributed by atoms with Gasteiger partial charge in [-0.3, -0.25) is 4.79 Å². The number of likely N-dealkylation sites (tertiary alicyclic amines) is 1. The van der Waals surface area contributed by atoms with Crippen LogP contribution in [0.5, 0.6) is 0 Å². The predicted molar refractivity (Wildman–Crippen MR) is 83.8 cm³/mol. The highest BCUT2D eigenvalue weighted by atomic mass is 16.1. The van der Waals surface area contributed by atoms with Crippen LogP contribution in [0.15, 0.2) is 23.9 Å². The summed E-state index contributed by atoms with van der Waals surface area (Å²) in [6.45, 7) is 7.79. The molecule has 0 radical (unpaired) electrons. The number of carbonyl (C=O) groups excluding carboxylic acids is 1. The number of nitrogens with one attached hydrogen (secondary N) is 1. The third kappa shape index (κ3) is 3.63. The summed E-state index contributed by atoms with van der Waals surface area (Å²) in [5.41, 5.74) is 4.15. The predicted octanol–water partition coefficient (Wildman–Crippen LogP) is 3.05. The molecule has 1 aliphatic rings. The second kappa shape index (κ2) is 6.45. The van der Waals surface area contributed by atoms with Crippen LogP contribution in [-0.2, 0) is 4.79 Å². The van der Waals surface area contributed by atoms with Gasteiger partial charge in [0.05, 0.1) is 0 Å². The first-order chi connectivity index (χ1) is 10.0. The summed E-state index contributed by atoms with van der Waals surface area (Å²) in [6.07, 6.45) is 3.92. The summed E-state index contributed by atoms with van der Waals surface area (Å²) in [7, 11) is 0. The van der Waals surface area contributed by atoms with Crippen LogP contribution < -0.4 is 5.32 Å². The first-order valence-electron chi connectivity index (χ1n) is 7.26. The van der Waals surface area contributed by atoms with E-state index in [1.165, 1.54) is 0 Å². The Kier molecular flexibility index (Phi) is 4.64. The Bertz CT molecular complexity index is 596. The number of amides is 1. The van der Waals surface area contributed by atoms with Gasteiger partial charge in [0, 0.05) is 25.0 Å². The van der Waals surface area contributed by atoms with E-state index >= 15 is 0 Å². The fraction of sp³-hybridized carbons (Fsp3) is 0.412. The largest absolute Gasteiger partial charge is 0.376 e. The number of carbonyl (C=O) groups is 1. The monoisotopic (exact) mass is 283 g/mol. The highest BCUT2D eigenvalue weighted by molar-refractivity contribution is 6.07. The molecule has 1 fully saturated rings. The number of nitriles is 1. The molecule has 0 bridgehead atoms. The highest BCUT2D eigenvalue weighted by Gasteiger charge is 2.15. The Morgan fingerprint density at radius 3 is 2.33 bits per heavy atom. The lowest BCUT2D eigenvalue weighted by Gasteiger charge is -2.14. The average Bonchev–Trinajstić information content (AvgIpc) is 2.92. The van der Waals surface area contributed by atoms with E-state index < -0.39 is 0 Å². The van der Waals surface area contributed by atoms with Crippen LogP contribution in [0.2, 0.25) is 0 Å². The number of hydrogen-bond acceptors (Lipinski definition) is 3. The lowest BCUT2D eigenvalue weighted by Crippen LogP contribution is -2.19. The molecule has 1 heterocycles. The molecular formula is C17H21N3O. The van der Waals surface area contributed by atoms with Gasteiger partial charge in [-0.15, -0.1) is 0 Å². The van der Waals surface area contributed by atoms with Crippen LogP contribution >= 0.6 is 0 Å². The molecule has 1 saturated heterocycles. The van der Waals surface area contributed by atoms with E-state index in [-0.39, 0.29) is 11.5 Å². The van der Waals surface area contributed by atoms with E-state index in [4.69, 9.17) is 0 Å². The van der Waals surface area contributed by atoms with Crippen LogP contribution in [0.3, 0.4) is 0 Å². The van der Waals surface area contributed by atoms with Gasteiger partial charge in [-0.25, -0.2) is 0 Å². The fourth-order valence-corrected chi connectivity index (χ4v) is 2.75. The third-order valence-corrected chi connectivity index (χ3v) is 3.73. The summed E-state index contributed by atoms with van der Waals surface area (Å²) in [6, 6.07) is 6.06. The Hall–Kier alpha value is -2.28. The van der Waals surface area contributed by atoms with Crippen molar-refractivity contribution in [2.45, 2.75) is 33.6 Å². The summed E-state index contributed by atoms with van der Waals surface area (Å²) in [5.74, 6) is -0.334. The zero-order valence-electron chi connectivity index (χ0n) is 12.9. The molecule has 1 N–H and O–H groups in total.